The van der Waals surface area contributed by atoms with Crippen LogP contribution in [0.3, 0.4) is 0 Å². The molecule has 0 amide bonds. The van der Waals surface area contributed by atoms with Crippen molar-refractivity contribution < 1.29 is 0 Å². The van der Waals surface area contributed by atoms with Gasteiger partial charge in [-0.15, -0.1) is 0 Å². The van der Waals surface area contributed by atoms with Crippen molar-refractivity contribution >= 4 is 21.8 Å². The van der Waals surface area contributed by atoms with Gasteiger partial charge in [-0.1, -0.05) is 145 Å². The molecule has 42 heavy (non-hydrogen) atoms. The van der Waals surface area contributed by atoms with E-state index in [0.29, 0.717) is 5.92 Å². The minimum atomic E-state index is -0.477. The number of fused-ring (bicyclic) bond motifs is 3. The maximum atomic E-state index is 6.66. The molecule has 1 aromatic heterocycles. The number of hydrogen-bond donors (Lipinski definition) is 2. The minimum absolute atomic E-state index is 0.369. The molecule has 0 bridgehead atoms. The van der Waals surface area contributed by atoms with Crippen molar-refractivity contribution in [2.45, 2.75) is 24.7 Å². The van der Waals surface area contributed by atoms with Crippen molar-refractivity contribution in [2.75, 3.05) is 5.43 Å². The second-order valence-electron chi connectivity index (χ2n) is 10.8. The van der Waals surface area contributed by atoms with Gasteiger partial charge >= 0.3 is 0 Å². The van der Waals surface area contributed by atoms with Crippen LogP contribution in [-0.2, 0) is 0 Å². The van der Waals surface area contributed by atoms with Crippen LogP contribution >= 0.6 is 0 Å². The zero-order valence-corrected chi connectivity index (χ0v) is 23.3. The monoisotopic (exact) mass is 545 g/mol. The predicted octanol–water partition coefficient (Wildman–Crippen LogP) is 9.33. The number of benzene rings is 5. The van der Waals surface area contributed by atoms with E-state index in [-0.39, 0.29) is 6.17 Å². The zero-order chi connectivity index (χ0) is 28.3. The molecule has 1 aliphatic carbocycles. The summed E-state index contributed by atoms with van der Waals surface area (Å²) in [4.78, 5) is 0. The van der Waals surface area contributed by atoms with Crippen molar-refractivity contribution in [3.8, 4) is 11.1 Å². The second-order valence-corrected chi connectivity index (χ2v) is 10.8. The van der Waals surface area contributed by atoms with E-state index in [1.54, 1.807) is 0 Å². The Hall–Kier alpha value is -4.90. The SMILES string of the molecule is NC([N-]C(Nn1c2ccc(C3C=CC=CC3)cc2c2ccc(-c3ccccc3)cc21)c1ccccc1)c1ccccc1. The van der Waals surface area contributed by atoms with Crippen molar-refractivity contribution in [1.82, 2.24) is 4.68 Å². The standard InChI is InChI=1S/C38H33N4/c39-37(29-17-9-3-10-18-29)40-38(30-19-11-4-12-20-30)41-42-35-24-22-31(27-13-5-1-6-14-27)25-34(35)33-23-21-32(26-36(33)42)28-15-7-2-8-16-28/h1-13,15-27,37-38,41H,14,39H2/q-1. The van der Waals surface area contributed by atoms with Gasteiger partial charge in [-0.25, -0.2) is 0 Å². The van der Waals surface area contributed by atoms with Gasteiger partial charge in [0.2, 0.25) is 0 Å². The van der Waals surface area contributed by atoms with E-state index in [1.165, 1.54) is 27.5 Å². The van der Waals surface area contributed by atoms with Crippen LogP contribution in [0.2, 0.25) is 0 Å². The van der Waals surface area contributed by atoms with Crippen LogP contribution < -0.4 is 11.2 Å². The number of hydrogen-bond acceptors (Lipinski definition) is 2. The van der Waals surface area contributed by atoms with Crippen LogP contribution in [0.4, 0.5) is 0 Å². The molecule has 3 unspecified atom stereocenters. The lowest BCUT2D eigenvalue weighted by molar-refractivity contribution is 0.700. The quantitative estimate of drug-likeness (QED) is 0.200. The number of nitrogens with zero attached hydrogens (tertiary/aromatic N) is 2. The topological polar surface area (TPSA) is 57.1 Å². The number of aromatic nitrogens is 1. The molecule has 1 aliphatic rings. The van der Waals surface area contributed by atoms with Gasteiger partial charge in [0, 0.05) is 16.7 Å². The zero-order valence-electron chi connectivity index (χ0n) is 23.3. The van der Waals surface area contributed by atoms with Crippen molar-refractivity contribution in [3.63, 3.8) is 0 Å². The Balaban J connectivity index is 1.37. The summed E-state index contributed by atoms with van der Waals surface area (Å²) in [6.07, 6.45) is 8.99. The maximum Gasteiger partial charge on any atom is 0.0711 e. The van der Waals surface area contributed by atoms with Crippen LogP contribution in [0.1, 0.15) is 41.4 Å². The van der Waals surface area contributed by atoms with Crippen molar-refractivity contribution in [3.05, 3.63) is 174 Å². The molecule has 0 spiro atoms. The number of rotatable bonds is 8. The summed E-state index contributed by atoms with van der Waals surface area (Å²) in [6, 6.07) is 44.5. The molecular weight excluding hydrogens is 512 g/mol. The summed E-state index contributed by atoms with van der Waals surface area (Å²) in [7, 11) is 0. The van der Waals surface area contributed by atoms with Gasteiger partial charge in [0.25, 0.3) is 0 Å². The third kappa shape index (κ3) is 5.14. The Morgan fingerprint density at radius 2 is 1.38 bits per heavy atom. The first-order valence-electron chi connectivity index (χ1n) is 14.5. The average Bonchev–Trinajstić information content (AvgIpc) is 3.37. The first-order chi connectivity index (χ1) is 20.7. The molecular formula is C38H33N4-. The molecule has 3 N–H and O–H groups in total. The largest absolute Gasteiger partial charge is 0.618 e. The van der Waals surface area contributed by atoms with Gasteiger partial charge < -0.3 is 16.5 Å². The van der Waals surface area contributed by atoms with Gasteiger partial charge in [-0.3, -0.25) is 4.68 Å². The molecule has 0 aliphatic heterocycles. The van der Waals surface area contributed by atoms with Crippen molar-refractivity contribution in [1.29, 1.82) is 0 Å². The summed E-state index contributed by atoms with van der Waals surface area (Å²) in [5.74, 6) is 0.380. The first-order valence-corrected chi connectivity index (χ1v) is 14.5. The summed E-state index contributed by atoms with van der Waals surface area (Å²) in [6.45, 7) is 0. The Morgan fingerprint density at radius 3 is 2.10 bits per heavy atom. The number of nitrogens with two attached hydrogens (primary N) is 1. The highest BCUT2D eigenvalue weighted by atomic mass is 15.5. The Kier molecular flexibility index (Phi) is 7.15. The second kappa shape index (κ2) is 11.5. The molecule has 0 radical (unpaired) electrons. The van der Waals surface area contributed by atoms with Gasteiger partial charge in [0.15, 0.2) is 0 Å². The van der Waals surface area contributed by atoms with Gasteiger partial charge in [-0.05, 0) is 53.0 Å². The van der Waals surface area contributed by atoms with E-state index in [1.807, 2.05) is 48.5 Å². The van der Waals surface area contributed by atoms with Crippen LogP contribution in [0.15, 0.2) is 152 Å². The predicted molar refractivity (Wildman–Crippen MR) is 176 cm³/mol. The Bertz CT molecular complexity index is 1870. The molecule has 0 fully saturated rings. The summed E-state index contributed by atoms with van der Waals surface area (Å²) >= 11 is 0. The molecule has 4 heteroatoms. The summed E-state index contributed by atoms with van der Waals surface area (Å²) in [5, 5.41) is 7.53. The highest BCUT2D eigenvalue weighted by molar-refractivity contribution is 6.09. The lowest BCUT2D eigenvalue weighted by atomic mass is 9.91. The van der Waals surface area contributed by atoms with Crippen LogP contribution in [0.25, 0.3) is 38.2 Å². The molecule has 0 saturated heterocycles. The van der Waals surface area contributed by atoms with Gasteiger partial charge in [0.05, 0.1) is 11.0 Å². The van der Waals surface area contributed by atoms with Crippen LogP contribution in [-0.4, -0.2) is 4.68 Å². The van der Waals surface area contributed by atoms with Crippen LogP contribution in [0.5, 0.6) is 0 Å². The fourth-order valence-corrected chi connectivity index (χ4v) is 5.89. The maximum absolute atomic E-state index is 6.66. The van der Waals surface area contributed by atoms with Gasteiger partial charge in [0.1, 0.15) is 0 Å². The number of nitrogens with one attached hydrogen (secondary N) is 1. The van der Waals surface area contributed by atoms with E-state index < -0.39 is 6.17 Å². The summed E-state index contributed by atoms with van der Waals surface area (Å²) < 4.78 is 2.20. The van der Waals surface area contributed by atoms with E-state index >= 15 is 0 Å². The highest BCUT2D eigenvalue weighted by Crippen LogP contribution is 2.37. The molecule has 6 aromatic rings. The fraction of sp³-hybridized carbons (Fsp3) is 0.105. The lowest BCUT2D eigenvalue weighted by Gasteiger charge is -2.39. The lowest BCUT2D eigenvalue weighted by Crippen LogP contribution is -2.24. The number of allylic oxidation sites excluding steroid dienone is 4. The van der Waals surface area contributed by atoms with E-state index in [4.69, 9.17) is 11.1 Å². The highest BCUT2D eigenvalue weighted by Gasteiger charge is 2.17. The molecule has 206 valence electrons. The van der Waals surface area contributed by atoms with Crippen molar-refractivity contribution in [2.24, 2.45) is 5.73 Å². The smallest absolute Gasteiger partial charge is 0.0711 e. The molecule has 5 aromatic carbocycles. The van der Waals surface area contributed by atoms with Gasteiger partial charge in [-0.2, -0.15) is 0 Å². The molecule has 4 nitrogen and oxygen atoms in total. The fourth-order valence-electron chi connectivity index (χ4n) is 5.89. The molecule has 1 heterocycles. The third-order valence-corrected chi connectivity index (χ3v) is 8.12. The Morgan fingerprint density at radius 1 is 0.667 bits per heavy atom. The normalized spacial score (nSPS) is 16.1. The Labute approximate surface area is 246 Å². The van der Waals surface area contributed by atoms with E-state index in [2.05, 4.69) is 113 Å². The van der Waals surface area contributed by atoms with E-state index in [0.717, 1.165) is 28.6 Å². The van der Waals surface area contributed by atoms with Crippen LogP contribution in [0, 0.1) is 0 Å². The first kappa shape index (κ1) is 26.0. The third-order valence-electron chi connectivity index (χ3n) is 8.12. The summed E-state index contributed by atoms with van der Waals surface area (Å²) in [5.41, 5.74) is 18.4. The van der Waals surface area contributed by atoms with E-state index in [9.17, 15) is 0 Å². The molecule has 3 atom stereocenters. The molecule has 0 saturated carbocycles. The molecule has 7 rings (SSSR count). The average molecular weight is 546 g/mol. The minimum Gasteiger partial charge on any atom is -0.618 e.